The molecular weight excluding hydrogens is 514 g/mol. The minimum Gasteiger partial charge on any atom is -0.396 e. The Balaban J connectivity index is 1.53. The molecule has 3 aromatic rings. The highest BCUT2D eigenvalue weighted by molar-refractivity contribution is 7.89. The molecule has 0 spiro atoms. The second kappa shape index (κ2) is 13.5. The van der Waals surface area contributed by atoms with Gasteiger partial charge in [0, 0.05) is 32.2 Å². The van der Waals surface area contributed by atoms with E-state index in [0.29, 0.717) is 24.9 Å². The average molecular weight is 550 g/mol. The van der Waals surface area contributed by atoms with Gasteiger partial charge in [-0.05, 0) is 54.5 Å². The van der Waals surface area contributed by atoms with Crippen molar-refractivity contribution < 1.29 is 23.1 Å². The summed E-state index contributed by atoms with van der Waals surface area (Å²) < 4.78 is 27.6. The fourth-order valence-electron chi connectivity index (χ4n) is 4.32. The fraction of sp³-hybridized carbons (Fsp3) is 0.333. The third kappa shape index (κ3) is 8.23. The standard InChI is InChI=1S/C30H35N3O5S/c34-21-7-20-31-30(36)29(25-10-5-2-6-11-25)33(22-24-8-3-1-4-9-24)28(35)19-14-23-12-17-27(18-13-23)39(37,38)32-26-15-16-26/h1-6,8-13,17-18,26,29,32,34H,7,14-16,19-22H2,(H,31,36). The van der Waals surface area contributed by atoms with Crippen LogP contribution >= 0.6 is 0 Å². The Kier molecular flexibility index (Phi) is 9.86. The summed E-state index contributed by atoms with van der Waals surface area (Å²) in [5, 5.41) is 12.0. The maximum absolute atomic E-state index is 13.7. The minimum atomic E-state index is -3.54. The largest absolute Gasteiger partial charge is 0.396 e. The van der Waals surface area contributed by atoms with Gasteiger partial charge < -0.3 is 15.3 Å². The van der Waals surface area contributed by atoms with Crippen LogP contribution in [0.5, 0.6) is 0 Å². The molecule has 1 saturated carbocycles. The van der Waals surface area contributed by atoms with Gasteiger partial charge in [0.05, 0.1) is 4.90 Å². The quantitative estimate of drug-likeness (QED) is 0.267. The van der Waals surface area contributed by atoms with Gasteiger partial charge in [-0.25, -0.2) is 13.1 Å². The number of hydrogen-bond acceptors (Lipinski definition) is 5. The number of nitrogens with one attached hydrogen (secondary N) is 2. The lowest BCUT2D eigenvalue weighted by atomic mass is 10.0. The smallest absolute Gasteiger partial charge is 0.247 e. The summed E-state index contributed by atoms with van der Waals surface area (Å²) in [6, 6.07) is 24.5. The van der Waals surface area contributed by atoms with Crippen molar-refractivity contribution >= 4 is 21.8 Å². The third-order valence-electron chi connectivity index (χ3n) is 6.59. The molecular formula is C30H35N3O5S. The lowest BCUT2D eigenvalue weighted by molar-refractivity contribution is -0.141. The summed E-state index contributed by atoms with van der Waals surface area (Å²) in [5.74, 6) is -0.506. The minimum absolute atomic E-state index is 0.0290. The molecule has 1 atom stereocenters. The van der Waals surface area contributed by atoms with Gasteiger partial charge in [-0.3, -0.25) is 9.59 Å². The Morgan fingerprint density at radius 2 is 1.54 bits per heavy atom. The lowest BCUT2D eigenvalue weighted by Gasteiger charge is -2.32. The van der Waals surface area contributed by atoms with Crippen LogP contribution in [-0.4, -0.2) is 49.4 Å². The number of carbonyl (C=O) groups is 2. The van der Waals surface area contributed by atoms with Gasteiger partial charge in [-0.1, -0.05) is 72.8 Å². The van der Waals surface area contributed by atoms with Gasteiger partial charge in [0.15, 0.2) is 0 Å². The first kappa shape index (κ1) is 28.5. The van der Waals surface area contributed by atoms with Crippen molar-refractivity contribution in [2.24, 2.45) is 0 Å². The van der Waals surface area contributed by atoms with Crippen molar-refractivity contribution in [2.45, 2.75) is 55.6 Å². The molecule has 8 nitrogen and oxygen atoms in total. The van der Waals surface area contributed by atoms with E-state index >= 15 is 0 Å². The lowest BCUT2D eigenvalue weighted by Crippen LogP contribution is -2.43. The number of aryl methyl sites for hydroxylation is 1. The van der Waals surface area contributed by atoms with Crippen molar-refractivity contribution in [1.82, 2.24) is 14.9 Å². The van der Waals surface area contributed by atoms with E-state index in [2.05, 4.69) is 10.0 Å². The van der Waals surface area contributed by atoms with E-state index in [1.54, 1.807) is 29.2 Å². The fourth-order valence-corrected chi connectivity index (χ4v) is 5.62. The first-order valence-electron chi connectivity index (χ1n) is 13.3. The molecule has 1 aliphatic carbocycles. The Hall–Kier alpha value is -3.53. The van der Waals surface area contributed by atoms with Crippen LogP contribution in [0.1, 0.15) is 48.4 Å². The van der Waals surface area contributed by atoms with Gasteiger partial charge >= 0.3 is 0 Å². The van der Waals surface area contributed by atoms with E-state index in [9.17, 15) is 18.0 Å². The van der Waals surface area contributed by atoms with Gasteiger partial charge in [0.1, 0.15) is 6.04 Å². The summed E-state index contributed by atoms with van der Waals surface area (Å²) in [5.41, 5.74) is 2.42. The highest BCUT2D eigenvalue weighted by atomic mass is 32.2. The van der Waals surface area contributed by atoms with Crippen LogP contribution in [0.3, 0.4) is 0 Å². The summed E-state index contributed by atoms with van der Waals surface area (Å²) in [6.07, 6.45) is 2.69. The predicted molar refractivity (Wildman–Crippen MR) is 149 cm³/mol. The molecule has 0 aliphatic heterocycles. The van der Waals surface area contributed by atoms with Crippen LogP contribution in [0.2, 0.25) is 0 Å². The molecule has 3 N–H and O–H groups in total. The molecule has 1 unspecified atom stereocenters. The number of rotatable bonds is 14. The van der Waals surface area contributed by atoms with Gasteiger partial charge in [0.25, 0.3) is 0 Å². The zero-order valence-electron chi connectivity index (χ0n) is 21.8. The SMILES string of the molecule is O=C(NCCCO)C(c1ccccc1)N(Cc1ccccc1)C(=O)CCc1ccc(S(=O)(=O)NC2CC2)cc1. The number of aliphatic hydroxyl groups excluding tert-OH is 1. The highest BCUT2D eigenvalue weighted by Crippen LogP contribution is 2.26. The van der Waals surface area contributed by atoms with Gasteiger partial charge in [-0.15, -0.1) is 0 Å². The highest BCUT2D eigenvalue weighted by Gasteiger charge is 2.31. The number of benzene rings is 3. The van der Waals surface area contributed by atoms with E-state index < -0.39 is 16.1 Å². The van der Waals surface area contributed by atoms with Gasteiger partial charge in [-0.2, -0.15) is 0 Å². The molecule has 4 rings (SSSR count). The van der Waals surface area contributed by atoms with Crippen LogP contribution in [0.4, 0.5) is 0 Å². The number of aliphatic hydroxyl groups is 1. The van der Waals surface area contributed by atoms with Crippen LogP contribution in [0.15, 0.2) is 89.8 Å². The maximum Gasteiger partial charge on any atom is 0.247 e. The average Bonchev–Trinajstić information content (AvgIpc) is 3.76. The van der Waals surface area contributed by atoms with Crippen LogP contribution in [0.25, 0.3) is 0 Å². The first-order valence-corrected chi connectivity index (χ1v) is 14.7. The maximum atomic E-state index is 13.7. The molecule has 3 aromatic carbocycles. The Morgan fingerprint density at radius 3 is 2.15 bits per heavy atom. The summed E-state index contributed by atoms with van der Waals surface area (Å²) in [4.78, 5) is 28.9. The van der Waals surface area contributed by atoms with E-state index in [0.717, 1.165) is 24.0 Å². The molecule has 1 fully saturated rings. The number of carbonyl (C=O) groups excluding carboxylic acids is 2. The predicted octanol–water partition coefficient (Wildman–Crippen LogP) is 3.33. The number of amides is 2. The second-order valence-electron chi connectivity index (χ2n) is 9.73. The number of hydrogen-bond donors (Lipinski definition) is 3. The number of nitrogens with zero attached hydrogens (tertiary/aromatic N) is 1. The molecule has 0 radical (unpaired) electrons. The molecule has 0 bridgehead atoms. The zero-order valence-corrected chi connectivity index (χ0v) is 22.6. The molecule has 0 aromatic heterocycles. The molecule has 206 valence electrons. The Morgan fingerprint density at radius 1 is 0.897 bits per heavy atom. The number of sulfonamides is 1. The van der Waals surface area contributed by atoms with E-state index in [1.807, 2.05) is 60.7 Å². The van der Waals surface area contributed by atoms with Crippen LogP contribution < -0.4 is 10.0 Å². The summed E-state index contributed by atoms with van der Waals surface area (Å²) in [6.45, 7) is 0.507. The topological polar surface area (TPSA) is 116 Å². The normalized spacial score (nSPS) is 14.0. The van der Waals surface area contributed by atoms with Crippen LogP contribution in [-0.2, 0) is 32.6 Å². The van der Waals surface area contributed by atoms with Crippen molar-refractivity contribution in [3.05, 3.63) is 102 Å². The molecule has 0 saturated heterocycles. The van der Waals surface area contributed by atoms with E-state index in [-0.39, 0.29) is 42.3 Å². The third-order valence-corrected chi connectivity index (χ3v) is 8.12. The summed E-state index contributed by atoms with van der Waals surface area (Å²) >= 11 is 0. The molecule has 9 heteroatoms. The molecule has 1 aliphatic rings. The van der Waals surface area contributed by atoms with Crippen molar-refractivity contribution in [3.8, 4) is 0 Å². The zero-order chi connectivity index (χ0) is 27.7. The monoisotopic (exact) mass is 549 g/mol. The van der Waals surface area contributed by atoms with Crippen molar-refractivity contribution in [3.63, 3.8) is 0 Å². The van der Waals surface area contributed by atoms with Crippen molar-refractivity contribution in [1.29, 1.82) is 0 Å². The molecule has 2 amide bonds. The van der Waals surface area contributed by atoms with E-state index in [1.165, 1.54) is 0 Å². The Bertz CT molecular complexity index is 1330. The van der Waals surface area contributed by atoms with Crippen molar-refractivity contribution in [2.75, 3.05) is 13.2 Å². The first-order chi connectivity index (χ1) is 18.9. The molecule has 39 heavy (non-hydrogen) atoms. The van der Waals surface area contributed by atoms with Gasteiger partial charge in [0.2, 0.25) is 21.8 Å². The van der Waals surface area contributed by atoms with E-state index in [4.69, 9.17) is 5.11 Å². The summed E-state index contributed by atoms with van der Waals surface area (Å²) in [7, 11) is -3.54. The van der Waals surface area contributed by atoms with Crippen LogP contribution in [0, 0.1) is 0 Å². The Labute approximate surface area is 230 Å². The second-order valence-corrected chi connectivity index (χ2v) is 11.4. The molecule has 0 heterocycles.